The van der Waals surface area contributed by atoms with E-state index in [1.165, 1.54) is 0 Å². The van der Waals surface area contributed by atoms with Crippen LogP contribution >= 0.6 is 0 Å². The number of likely N-dealkylation sites (N-methyl/N-ethyl adjacent to an activating group) is 1. The van der Waals surface area contributed by atoms with Crippen LogP contribution in [0, 0.1) is 5.92 Å². The molecule has 0 saturated carbocycles. The first kappa shape index (κ1) is 29.6. The van der Waals surface area contributed by atoms with Gasteiger partial charge in [-0.1, -0.05) is 86.6 Å². The zero-order chi connectivity index (χ0) is 29.4. The highest BCUT2D eigenvalue weighted by Crippen LogP contribution is 2.27. The Bertz CT molecular complexity index is 1330. The molecule has 2 aliphatic rings. The summed E-state index contributed by atoms with van der Waals surface area (Å²) in [5.41, 5.74) is 2.46. The van der Waals surface area contributed by atoms with E-state index >= 15 is 0 Å². The van der Waals surface area contributed by atoms with Crippen molar-refractivity contribution in [2.75, 3.05) is 14.1 Å². The van der Waals surface area contributed by atoms with Crippen molar-refractivity contribution in [2.45, 2.75) is 44.5 Å². The van der Waals surface area contributed by atoms with Crippen LogP contribution in [0.5, 0.6) is 5.75 Å². The minimum atomic E-state index is -1.14. The minimum absolute atomic E-state index is 0.0152. The number of hydrogen-bond donors (Lipinski definition) is 3. The first-order chi connectivity index (χ1) is 19.7. The van der Waals surface area contributed by atoms with Crippen LogP contribution in [0.2, 0.25) is 0 Å². The van der Waals surface area contributed by atoms with E-state index in [1.54, 1.807) is 24.4 Å². The van der Waals surface area contributed by atoms with Crippen LogP contribution in [0.4, 0.5) is 0 Å². The van der Waals surface area contributed by atoms with Crippen molar-refractivity contribution in [3.63, 3.8) is 0 Å². The number of hydrogen-bond acceptors (Lipinski definition) is 5. The maximum Gasteiger partial charge on any atom is 0.247 e. The Morgan fingerprint density at radius 2 is 1.54 bits per heavy atom. The molecule has 0 spiro atoms. The zero-order valence-electron chi connectivity index (χ0n) is 23.9. The summed E-state index contributed by atoms with van der Waals surface area (Å²) in [6, 6.07) is 23.6. The molecular formula is C33H38N4O4. The number of carbonyl (C=O) groups excluding carboxylic acids is 3. The van der Waals surface area contributed by atoms with Crippen LogP contribution in [0.15, 0.2) is 91.1 Å². The van der Waals surface area contributed by atoms with Crippen molar-refractivity contribution >= 4 is 23.8 Å². The number of nitrogens with zero attached hydrogens (tertiary/aromatic N) is 1. The smallest absolute Gasteiger partial charge is 0.247 e. The number of nitrogens with one attached hydrogen (secondary N) is 3. The molecule has 41 heavy (non-hydrogen) atoms. The van der Waals surface area contributed by atoms with Crippen molar-refractivity contribution in [1.29, 1.82) is 0 Å². The number of fused-ring (bicyclic) bond motifs is 10. The number of rotatable bonds is 7. The first-order valence-electron chi connectivity index (χ1n) is 13.8. The van der Waals surface area contributed by atoms with Gasteiger partial charge in [-0.15, -0.1) is 0 Å². The summed E-state index contributed by atoms with van der Waals surface area (Å²) in [6.45, 7) is 3.91. The largest absolute Gasteiger partial charge is 0.483 e. The Kier molecular flexibility index (Phi) is 9.92. The number of benzene rings is 3. The Hall–Kier alpha value is -4.43. The molecule has 8 nitrogen and oxygen atoms in total. The summed E-state index contributed by atoms with van der Waals surface area (Å²) >= 11 is 0. The van der Waals surface area contributed by atoms with E-state index in [1.807, 2.05) is 106 Å². The van der Waals surface area contributed by atoms with E-state index < -0.39 is 30.1 Å². The van der Waals surface area contributed by atoms with Gasteiger partial charge in [0.1, 0.15) is 17.8 Å². The van der Waals surface area contributed by atoms with Gasteiger partial charge in [-0.2, -0.15) is 0 Å². The fourth-order valence-electron chi connectivity index (χ4n) is 5.07. The van der Waals surface area contributed by atoms with Crippen molar-refractivity contribution in [2.24, 2.45) is 5.92 Å². The average Bonchev–Trinajstić information content (AvgIpc) is 2.95. The summed E-state index contributed by atoms with van der Waals surface area (Å²) in [5, 5.41) is 8.71. The van der Waals surface area contributed by atoms with Gasteiger partial charge in [-0.3, -0.25) is 19.3 Å². The third-order valence-corrected chi connectivity index (χ3v) is 7.03. The first-order valence-corrected chi connectivity index (χ1v) is 13.8. The maximum atomic E-state index is 14.1. The molecule has 214 valence electrons. The predicted molar refractivity (Wildman–Crippen MR) is 160 cm³/mol. The van der Waals surface area contributed by atoms with Gasteiger partial charge in [0.2, 0.25) is 17.7 Å². The number of amides is 3. The quantitative estimate of drug-likeness (QED) is 0.414. The molecule has 3 amide bonds. The van der Waals surface area contributed by atoms with Gasteiger partial charge in [0.15, 0.2) is 6.10 Å². The second-order valence-corrected chi connectivity index (χ2v) is 10.7. The SMILES string of the molecule is CC(C)[C@@H](C(=O)N[C@@H]1C(=O)N[C@@H](Cc2ccccc2)C(=O)N/C=C\c2ccc(cc2)O[C@@H]1c1ccccc1)N(C)C. The van der Waals surface area contributed by atoms with Gasteiger partial charge in [0.25, 0.3) is 0 Å². The zero-order valence-corrected chi connectivity index (χ0v) is 23.9. The molecule has 2 heterocycles. The van der Waals surface area contributed by atoms with Crippen LogP contribution in [-0.4, -0.2) is 54.8 Å². The van der Waals surface area contributed by atoms with Gasteiger partial charge in [-0.25, -0.2) is 0 Å². The normalized spacial score (nSPS) is 20.9. The molecule has 3 N–H and O–H groups in total. The fraction of sp³-hybridized carbons (Fsp3) is 0.303. The lowest BCUT2D eigenvalue weighted by molar-refractivity contribution is -0.136. The lowest BCUT2D eigenvalue weighted by atomic mass is 9.97. The van der Waals surface area contributed by atoms with E-state index in [9.17, 15) is 14.4 Å². The number of ether oxygens (including phenoxy) is 1. The van der Waals surface area contributed by atoms with Crippen LogP contribution < -0.4 is 20.7 Å². The molecule has 0 unspecified atom stereocenters. The molecule has 0 saturated heterocycles. The van der Waals surface area contributed by atoms with Crippen LogP contribution in [0.25, 0.3) is 6.08 Å². The third-order valence-electron chi connectivity index (χ3n) is 7.03. The Balaban J connectivity index is 1.79. The van der Waals surface area contributed by atoms with E-state index in [4.69, 9.17) is 4.74 Å². The Morgan fingerprint density at radius 3 is 2.15 bits per heavy atom. The highest BCUT2D eigenvalue weighted by atomic mass is 16.5. The minimum Gasteiger partial charge on any atom is -0.483 e. The van der Waals surface area contributed by atoms with Crippen LogP contribution in [0.1, 0.15) is 36.6 Å². The molecule has 3 aromatic rings. The van der Waals surface area contributed by atoms with Crippen LogP contribution in [-0.2, 0) is 20.8 Å². The summed E-state index contributed by atoms with van der Waals surface area (Å²) < 4.78 is 6.45. The second-order valence-electron chi connectivity index (χ2n) is 10.7. The molecular weight excluding hydrogens is 516 g/mol. The molecule has 2 bridgehead atoms. The highest BCUT2D eigenvalue weighted by Gasteiger charge is 2.37. The summed E-state index contributed by atoms with van der Waals surface area (Å²) in [7, 11) is 3.66. The Morgan fingerprint density at radius 1 is 0.902 bits per heavy atom. The summed E-state index contributed by atoms with van der Waals surface area (Å²) in [5.74, 6) is -0.681. The van der Waals surface area contributed by atoms with Gasteiger partial charge in [0.05, 0.1) is 6.04 Å². The molecule has 0 radical (unpaired) electrons. The predicted octanol–water partition coefficient (Wildman–Crippen LogP) is 3.71. The molecule has 5 rings (SSSR count). The molecule has 2 aliphatic heterocycles. The lowest BCUT2D eigenvalue weighted by Crippen LogP contribution is -2.59. The maximum absolute atomic E-state index is 14.1. The van der Waals surface area contributed by atoms with Crippen LogP contribution in [0.3, 0.4) is 0 Å². The van der Waals surface area contributed by atoms with Crippen molar-refractivity contribution in [3.05, 3.63) is 108 Å². The van der Waals surface area contributed by atoms with Gasteiger partial charge >= 0.3 is 0 Å². The van der Waals surface area contributed by atoms with Gasteiger partial charge in [-0.05, 0) is 54.9 Å². The molecule has 0 aliphatic carbocycles. The lowest BCUT2D eigenvalue weighted by Gasteiger charge is -2.33. The molecule has 0 fully saturated rings. The second kappa shape index (κ2) is 13.8. The van der Waals surface area contributed by atoms with E-state index in [0.29, 0.717) is 11.3 Å². The van der Waals surface area contributed by atoms with Crippen molar-refractivity contribution < 1.29 is 19.1 Å². The average molecular weight is 555 g/mol. The van der Waals surface area contributed by atoms with Crippen molar-refractivity contribution in [3.8, 4) is 5.75 Å². The van der Waals surface area contributed by atoms with Gasteiger partial charge < -0.3 is 20.7 Å². The molecule has 3 aromatic carbocycles. The molecule has 0 aromatic heterocycles. The van der Waals surface area contributed by atoms with E-state index in [-0.39, 0.29) is 24.2 Å². The topological polar surface area (TPSA) is 99.8 Å². The van der Waals surface area contributed by atoms with Crippen molar-refractivity contribution in [1.82, 2.24) is 20.9 Å². The number of carbonyl (C=O) groups is 3. The van der Waals surface area contributed by atoms with E-state index in [2.05, 4.69) is 16.0 Å². The fourth-order valence-corrected chi connectivity index (χ4v) is 5.07. The third kappa shape index (κ3) is 7.83. The highest BCUT2D eigenvalue weighted by molar-refractivity contribution is 5.94. The summed E-state index contributed by atoms with van der Waals surface area (Å²) in [6.07, 6.45) is 2.73. The summed E-state index contributed by atoms with van der Waals surface area (Å²) in [4.78, 5) is 43.0. The Labute approximate surface area is 241 Å². The molecule has 4 atom stereocenters. The monoisotopic (exact) mass is 554 g/mol. The standard InChI is InChI=1S/C33H38N4O4/c1-22(2)29(37(3)4)33(40)36-28-30(25-13-9-6-10-14-25)41-26-17-15-23(16-18-26)19-20-34-31(38)27(35-32(28)39)21-24-11-7-5-8-12-24/h5-20,22,27-30H,21H2,1-4H3,(H,34,38)(H,35,39)(H,36,40)/b20-19-/t27-,28-,29-,30+/m0/s1. The molecule has 8 heteroatoms. The van der Waals surface area contributed by atoms with Gasteiger partial charge in [0, 0.05) is 12.6 Å². The van der Waals surface area contributed by atoms with E-state index in [0.717, 1.165) is 11.1 Å².